The third kappa shape index (κ3) is 4.89. The molecule has 1 saturated heterocycles. The highest BCUT2D eigenvalue weighted by Gasteiger charge is 2.19. The van der Waals surface area contributed by atoms with Crippen molar-refractivity contribution in [2.24, 2.45) is 10.2 Å². The average molecular weight is 350 g/mol. The first-order valence-corrected chi connectivity index (χ1v) is 8.32. The zero-order valence-electron chi connectivity index (χ0n) is 13.9. The third-order valence-corrected chi connectivity index (χ3v) is 4.47. The number of hydrogen-bond donors (Lipinski definition) is 0. The van der Waals surface area contributed by atoms with Gasteiger partial charge in [0, 0.05) is 18.7 Å². The van der Waals surface area contributed by atoms with E-state index >= 15 is 0 Å². The molecule has 0 radical (unpaired) electrons. The second-order valence-corrected chi connectivity index (χ2v) is 6.16. The number of rotatable bonds is 6. The number of carbonyl (C=O) groups excluding carboxylic acids is 1. The highest BCUT2D eigenvalue weighted by Crippen LogP contribution is 2.24. The van der Waals surface area contributed by atoms with E-state index < -0.39 is 0 Å². The van der Waals surface area contributed by atoms with Crippen molar-refractivity contribution in [1.29, 1.82) is 0 Å². The first-order valence-electron chi connectivity index (χ1n) is 8.32. The van der Waals surface area contributed by atoms with Crippen molar-refractivity contribution in [2.45, 2.75) is 38.3 Å². The van der Waals surface area contributed by atoms with Gasteiger partial charge in [-0.15, -0.1) is 17.5 Å². The number of hydrogen-bond acceptors (Lipinski definition) is 4. The zero-order chi connectivity index (χ0) is 16.1. The lowest BCUT2D eigenvalue weighted by atomic mass is 10.1. The molecule has 1 amide bonds. The van der Waals surface area contributed by atoms with Gasteiger partial charge in [-0.1, -0.05) is 12.1 Å². The van der Waals surface area contributed by atoms with Gasteiger partial charge in [-0.2, -0.15) is 5.11 Å². The van der Waals surface area contributed by atoms with Crippen LogP contribution in [0.1, 0.15) is 37.8 Å². The number of ether oxygens (including phenoxy) is 1. The monoisotopic (exact) mass is 349 g/mol. The number of benzene rings is 1. The largest absolute Gasteiger partial charge is 0.494 e. The van der Waals surface area contributed by atoms with Crippen LogP contribution in [0.5, 0.6) is 5.75 Å². The van der Waals surface area contributed by atoms with E-state index in [1.807, 2.05) is 24.3 Å². The molecule has 1 aromatic rings. The van der Waals surface area contributed by atoms with Crippen molar-refractivity contribution in [3.63, 3.8) is 0 Å². The average Bonchev–Trinajstić information content (AvgIpc) is 2.98. The number of azo groups is 1. The molecule has 0 saturated carbocycles. The van der Waals surface area contributed by atoms with Gasteiger partial charge in [0.25, 0.3) is 5.91 Å². The molecule has 1 unspecified atom stereocenters. The molecule has 130 valence electrons. The Balaban J connectivity index is 0.00000208. The highest BCUT2D eigenvalue weighted by atomic mass is 35.5. The van der Waals surface area contributed by atoms with Crippen LogP contribution < -0.4 is 4.74 Å². The maximum Gasteiger partial charge on any atom is 0.287 e. The molecule has 2 atom stereocenters. The summed E-state index contributed by atoms with van der Waals surface area (Å²) in [5.41, 5.74) is 1.01. The summed E-state index contributed by atoms with van der Waals surface area (Å²) in [6.07, 6.45) is 6.92. The predicted octanol–water partition coefficient (Wildman–Crippen LogP) is 3.95. The van der Waals surface area contributed by atoms with Gasteiger partial charge in [-0.3, -0.25) is 4.79 Å². The summed E-state index contributed by atoms with van der Waals surface area (Å²) in [5.74, 6) is 0.574. The van der Waals surface area contributed by atoms with Crippen LogP contribution in [0.4, 0.5) is 0 Å². The number of likely N-dealkylation sites (tertiary alicyclic amines) is 1. The van der Waals surface area contributed by atoms with Crippen molar-refractivity contribution < 1.29 is 9.53 Å². The summed E-state index contributed by atoms with van der Waals surface area (Å²) >= 11 is 0. The van der Waals surface area contributed by atoms with E-state index in [-0.39, 0.29) is 24.4 Å². The maximum atomic E-state index is 11.0. The number of amides is 1. The molecule has 0 aromatic heterocycles. The smallest absolute Gasteiger partial charge is 0.287 e. The van der Waals surface area contributed by atoms with Gasteiger partial charge < -0.3 is 9.64 Å². The van der Waals surface area contributed by atoms with Crippen molar-refractivity contribution in [3.05, 3.63) is 42.0 Å². The highest BCUT2D eigenvalue weighted by molar-refractivity contribution is 5.88. The first-order chi connectivity index (χ1) is 11.2. The summed E-state index contributed by atoms with van der Waals surface area (Å²) in [6.45, 7) is 5.37. The van der Waals surface area contributed by atoms with Crippen LogP contribution in [0.25, 0.3) is 0 Å². The molecule has 5 nitrogen and oxygen atoms in total. The van der Waals surface area contributed by atoms with E-state index in [0.717, 1.165) is 36.9 Å². The fourth-order valence-electron chi connectivity index (χ4n) is 3.09. The SMILES string of the molecule is C[C@@H]1CCCN1CCCOc1ccc(C2C=CC(=O)N=N2)cc1.Cl. The lowest BCUT2D eigenvalue weighted by Crippen LogP contribution is -2.28. The van der Waals surface area contributed by atoms with Crippen molar-refractivity contribution in [2.75, 3.05) is 19.7 Å². The Morgan fingerprint density at radius 2 is 2.08 bits per heavy atom. The first kappa shape index (κ1) is 18.6. The second-order valence-electron chi connectivity index (χ2n) is 6.16. The van der Waals surface area contributed by atoms with E-state index in [1.165, 1.54) is 25.5 Å². The van der Waals surface area contributed by atoms with Crippen LogP contribution in [-0.2, 0) is 4.79 Å². The molecular formula is C18H24ClN3O2. The quantitative estimate of drug-likeness (QED) is 0.730. The van der Waals surface area contributed by atoms with Crippen molar-refractivity contribution in [3.8, 4) is 5.75 Å². The van der Waals surface area contributed by atoms with Crippen LogP contribution in [0.3, 0.4) is 0 Å². The molecule has 6 heteroatoms. The Hall–Kier alpha value is -1.72. The summed E-state index contributed by atoms with van der Waals surface area (Å²) in [7, 11) is 0. The fourth-order valence-corrected chi connectivity index (χ4v) is 3.09. The minimum Gasteiger partial charge on any atom is -0.494 e. The lowest BCUT2D eigenvalue weighted by molar-refractivity contribution is -0.114. The third-order valence-electron chi connectivity index (χ3n) is 4.47. The van der Waals surface area contributed by atoms with E-state index in [2.05, 4.69) is 22.1 Å². The molecule has 1 fully saturated rings. The van der Waals surface area contributed by atoms with E-state index in [1.54, 1.807) is 6.08 Å². The van der Waals surface area contributed by atoms with Gasteiger partial charge in [-0.25, -0.2) is 0 Å². The Labute approximate surface area is 149 Å². The van der Waals surface area contributed by atoms with E-state index in [4.69, 9.17) is 4.74 Å². The van der Waals surface area contributed by atoms with Crippen LogP contribution in [0.2, 0.25) is 0 Å². The van der Waals surface area contributed by atoms with E-state index in [9.17, 15) is 4.79 Å². The van der Waals surface area contributed by atoms with Crippen LogP contribution in [0, 0.1) is 0 Å². The Morgan fingerprint density at radius 1 is 1.29 bits per heavy atom. The summed E-state index contributed by atoms with van der Waals surface area (Å²) < 4.78 is 5.81. The standard InChI is InChI=1S/C18H23N3O2.ClH/c1-14-4-2-11-21(14)12-3-13-23-16-7-5-15(6-8-16)17-9-10-18(22)20-19-17;/h5-10,14,17H,2-4,11-13H2,1H3;1H/t14-,17?;/m1./s1. The Kier molecular flexibility index (Phi) is 6.94. The zero-order valence-corrected chi connectivity index (χ0v) is 14.7. The Bertz CT molecular complexity index is 585. The Morgan fingerprint density at radius 3 is 2.71 bits per heavy atom. The molecule has 2 aliphatic rings. The molecule has 0 aliphatic carbocycles. The van der Waals surface area contributed by atoms with Crippen LogP contribution in [0.15, 0.2) is 46.6 Å². The molecule has 3 rings (SSSR count). The van der Waals surface area contributed by atoms with Crippen molar-refractivity contribution >= 4 is 18.3 Å². The van der Waals surface area contributed by atoms with Gasteiger partial charge >= 0.3 is 0 Å². The summed E-state index contributed by atoms with van der Waals surface area (Å²) in [5, 5.41) is 7.56. The van der Waals surface area contributed by atoms with Crippen LogP contribution >= 0.6 is 12.4 Å². The number of nitrogens with zero attached hydrogens (tertiary/aromatic N) is 3. The molecule has 0 N–H and O–H groups in total. The van der Waals surface area contributed by atoms with Crippen LogP contribution in [-0.4, -0.2) is 36.5 Å². The molecule has 2 aliphatic heterocycles. The summed E-state index contributed by atoms with van der Waals surface area (Å²) in [6, 6.07) is 8.40. The molecule has 0 spiro atoms. The van der Waals surface area contributed by atoms with Crippen molar-refractivity contribution in [1.82, 2.24) is 4.90 Å². The number of carbonyl (C=O) groups is 1. The van der Waals surface area contributed by atoms with Gasteiger partial charge in [0.1, 0.15) is 11.8 Å². The lowest BCUT2D eigenvalue weighted by Gasteiger charge is -2.20. The predicted molar refractivity (Wildman–Crippen MR) is 95.8 cm³/mol. The minimum atomic E-state index is -0.298. The van der Waals surface area contributed by atoms with E-state index in [0.29, 0.717) is 0 Å². The topological polar surface area (TPSA) is 54.3 Å². The minimum absolute atomic E-state index is 0. The van der Waals surface area contributed by atoms with Gasteiger partial charge in [0.05, 0.1) is 6.61 Å². The molecule has 2 heterocycles. The molecular weight excluding hydrogens is 326 g/mol. The number of halogens is 1. The van der Waals surface area contributed by atoms with Gasteiger partial charge in [0.2, 0.25) is 0 Å². The fraction of sp³-hybridized carbons (Fsp3) is 0.500. The second kappa shape index (κ2) is 8.94. The summed E-state index contributed by atoms with van der Waals surface area (Å²) in [4.78, 5) is 13.5. The molecule has 1 aromatic carbocycles. The molecule has 24 heavy (non-hydrogen) atoms. The molecule has 0 bridgehead atoms. The van der Waals surface area contributed by atoms with Gasteiger partial charge in [-0.05, 0) is 56.5 Å². The van der Waals surface area contributed by atoms with Gasteiger partial charge in [0.15, 0.2) is 0 Å². The maximum absolute atomic E-state index is 11.0. The normalized spacial score (nSPS) is 23.3.